The average molecular weight is 296 g/mol. The van der Waals surface area contributed by atoms with Crippen LogP contribution in [0.25, 0.3) is 0 Å². The molecular formula is C12H14BrN3O. The first kappa shape index (κ1) is 12.3. The summed E-state index contributed by atoms with van der Waals surface area (Å²) in [6, 6.07) is 5.93. The highest BCUT2D eigenvalue weighted by atomic mass is 79.9. The van der Waals surface area contributed by atoms with Crippen LogP contribution < -0.4 is 0 Å². The van der Waals surface area contributed by atoms with Crippen LogP contribution in [0.15, 0.2) is 28.9 Å². The summed E-state index contributed by atoms with van der Waals surface area (Å²) < 4.78 is 2.55. The minimum absolute atomic E-state index is 0.468. The maximum absolute atomic E-state index is 10.2. The van der Waals surface area contributed by atoms with E-state index in [2.05, 4.69) is 26.2 Å². The van der Waals surface area contributed by atoms with Gasteiger partial charge in [-0.3, -0.25) is 4.68 Å². The zero-order valence-electron chi connectivity index (χ0n) is 9.76. The second-order valence-electron chi connectivity index (χ2n) is 4.13. The summed E-state index contributed by atoms with van der Waals surface area (Å²) in [6.07, 6.45) is 1.71. The molecule has 0 amide bonds. The van der Waals surface area contributed by atoms with Gasteiger partial charge in [-0.15, -0.1) is 5.10 Å². The van der Waals surface area contributed by atoms with E-state index in [1.165, 1.54) is 0 Å². The molecule has 1 heterocycles. The van der Waals surface area contributed by atoms with Crippen molar-refractivity contribution in [2.75, 3.05) is 0 Å². The zero-order chi connectivity index (χ0) is 12.4. The number of aryl methyl sites for hydroxylation is 2. The fraction of sp³-hybridized carbons (Fsp3) is 0.333. The summed E-state index contributed by atoms with van der Waals surface area (Å²) in [7, 11) is 1.81. The van der Waals surface area contributed by atoms with Crippen molar-refractivity contribution in [3.05, 3.63) is 45.7 Å². The molecule has 1 aromatic carbocycles. The van der Waals surface area contributed by atoms with Crippen molar-refractivity contribution in [1.82, 2.24) is 15.0 Å². The van der Waals surface area contributed by atoms with Crippen molar-refractivity contribution in [3.8, 4) is 0 Å². The smallest absolute Gasteiger partial charge is 0.0857 e. The highest BCUT2D eigenvalue weighted by Gasteiger charge is 2.14. The lowest BCUT2D eigenvalue weighted by molar-refractivity contribution is 0.176. The largest absolute Gasteiger partial charge is 0.388 e. The van der Waals surface area contributed by atoms with Crippen LogP contribution in [-0.4, -0.2) is 20.1 Å². The maximum Gasteiger partial charge on any atom is 0.0857 e. The summed E-state index contributed by atoms with van der Waals surface area (Å²) in [5, 5.41) is 18.0. The maximum atomic E-state index is 10.2. The van der Waals surface area contributed by atoms with Gasteiger partial charge in [0, 0.05) is 24.1 Å². The van der Waals surface area contributed by atoms with Crippen molar-refractivity contribution >= 4 is 15.9 Å². The molecule has 2 rings (SSSR count). The Kier molecular flexibility index (Phi) is 3.59. The van der Waals surface area contributed by atoms with Crippen LogP contribution in [0.5, 0.6) is 0 Å². The third-order valence-electron chi connectivity index (χ3n) is 2.56. The summed E-state index contributed by atoms with van der Waals surface area (Å²) in [5.74, 6) is 0. The van der Waals surface area contributed by atoms with Gasteiger partial charge < -0.3 is 5.11 Å². The number of hydrogen-bond acceptors (Lipinski definition) is 3. The van der Waals surface area contributed by atoms with Gasteiger partial charge in [-0.25, -0.2) is 0 Å². The molecule has 1 N–H and O–H groups in total. The van der Waals surface area contributed by atoms with Crippen LogP contribution in [0.3, 0.4) is 0 Å². The number of benzene rings is 1. The van der Waals surface area contributed by atoms with Gasteiger partial charge in [0.05, 0.1) is 11.8 Å². The van der Waals surface area contributed by atoms with Crippen LogP contribution in [-0.2, 0) is 13.5 Å². The van der Waals surface area contributed by atoms with E-state index in [4.69, 9.17) is 0 Å². The minimum Gasteiger partial charge on any atom is -0.388 e. The molecule has 0 fully saturated rings. The monoisotopic (exact) mass is 295 g/mol. The summed E-state index contributed by atoms with van der Waals surface area (Å²) in [6.45, 7) is 2.00. The number of hydrogen-bond donors (Lipinski definition) is 1. The van der Waals surface area contributed by atoms with Gasteiger partial charge in [0.25, 0.3) is 0 Å². The molecule has 17 heavy (non-hydrogen) atoms. The molecule has 1 aromatic heterocycles. The van der Waals surface area contributed by atoms with Crippen LogP contribution in [0.1, 0.15) is 22.9 Å². The van der Waals surface area contributed by atoms with Gasteiger partial charge >= 0.3 is 0 Å². The molecule has 2 aromatic rings. The lowest BCUT2D eigenvalue weighted by atomic mass is 10.0. The highest BCUT2D eigenvalue weighted by molar-refractivity contribution is 9.10. The molecule has 1 atom stereocenters. The quantitative estimate of drug-likeness (QED) is 0.944. The first-order valence-corrected chi connectivity index (χ1v) is 6.15. The predicted octanol–water partition coefficient (Wildman–Crippen LogP) is 2.16. The molecule has 0 radical (unpaired) electrons. The Labute approximate surface area is 108 Å². The number of rotatable bonds is 3. The molecule has 0 aliphatic heterocycles. The van der Waals surface area contributed by atoms with Crippen molar-refractivity contribution in [1.29, 1.82) is 0 Å². The molecule has 4 nitrogen and oxygen atoms in total. The van der Waals surface area contributed by atoms with Crippen molar-refractivity contribution in [2.24, 2.45) is 7.05 Å². The fourth-order valence-corrected chi connectivity index (χ4v) is 2.23. The van der Waals surface area contributed by atoms with Gasteiger partial charge in [0.1, 0.15) is 0 Å². The number of aromatic nitrogens is 3. The normalized spacial score (nSPS) is 12.7. The van der Waals surface area contributed by atoms with E-state index in [1.54, 1.807) is 4.68 Å². The van der Waals surface area contributed by atoms with E-state index in [9.17, 15) is 5.11 Å². The van der Waals surface area contributed by atoms with Crippen LogP contribution in [0.2, 0.25) is 0 Å². The Morgan fingerprint density at radius 3 is 2.88 bits per heavy atom. The topological polar surface area (TPSA) is 50.9 Å². The highest BCUT2D eigenvalue weighted by Crippen LogP contribution is 2.26. The Bertz CT molecular complexity index is 524. The zero-order valence-corrected chi connectivity index (χ0v) is 11.3. The van der Waals surface area contributed by atoms with Crippen LogP contribution in [0, 0.1) is 6.92 Å². The standard InChI is InChI=1S/C12H14BrN3O/c1-8-3-4-11(13)10(5-8)12(17)6-9-7-16(2)15-14-9/h3-5,7,12,17H,6H2,1-2H3. The van der Waals surface area contributed by atoms with E-state index in [0.29, 0.717) is 6.42 Å². The molecule has 1 unspecified atom stereocenters. The van der Waals surface area contributed by atoms with Gasteiger partial charge in [-0.05, 0) is 18.6 Å². The molecule has 0 aliphatic rings. The van der Waals surface area contributed by atoms with Gasteiger partial charge in [-0.2, -0.15) is 0 Å². The SMILES string of the molecule is Cc1ccc(Br)c(C(O)Cc2cn(C)nn2)c1. The summed E-state index contributed by atoms with van der Waals surface area (Å²) >= 11 is 3.45. The average Bonchev–Trinajstić information content (AvgIpc) is 2.67. The van der Waals surface area contributed by atoms with Gasteiger partial charge in [0.2, 0.25) is 0 Å². The Balaban J connectivity index is 2.19. The van der Waals surface area contributed by atoms with E-state index >= 15 is 0 Å². The molecule has 5 heteroatoms. The molecular weight excluding hydrogens is 282 g/mol. The Hall–Kier alpha value is -1.20. The lowest BCUT2D eigenvalue weighted by Crippen LogP contribution is -2.03. The van der Waals surface area contributed by atoms with Gasteiger partial charge in [-0.1, -0.05) is 38.8 Å². The number of aliphatic hydroxyl groups excluding tert-OH is 1. The van der Waals surface area contributed by atoms with Crippen LogP contribution in [0.4, 0.5) is 0 Å². The lowest BCUT2D eigenvalue weighted by Gasteiger charge is -2.12. The second kappa shape index (κ2) is 4.98. The van der Waals surface area contributed by atoms with Crippen LogP contribution >= 0.6 is 15.9 Å². The van der Waals surface area contributed by atoms with Crippen molar-refractivity contribution in [2.45, 2.75) is 19.4 Å². The molecule has 0 bridgehead atoms. The number of aliphatic hydroxyl groups is 1. The molecule has 0 spiro atoms. The number of halogens is 1. The molecule has 90 valence electrons. The fourth-order valence-electron chi connectivity index (χ4n) is 1.72. The molecule has 0 saturated heterocycles. The Morgan fingerprint density at radius 2 is 2.24 bits per heavy atom. The summed E-state index contributed by atoms with van der Waals surface area (Å²) in [4.78, 5) is 0. The predicted molar refractivity (Wildman–Crippen MR) is 68.5 cm³/mol. The molecule has 0 saturated carbocycles. The second-order valence-corrected chi connectivity index (χ2v) is 4.98. The van der Waals surface area contributed by atoms with Crippen molar-refractivity contribution in [3.63, 3.8) is 0 Å². The minimum atomic E-state index is -0.569. The van der Waals surface area contributed by atoms with Gasteiger partial charge in [0.15, 0.2) is 0 Å². The van der Waals surface area contributed by atoms with E-state index in [-0.39, 0.29) is 0 Å². The first-order chi connectivity index (χ1) is 8.06. The van der Waals surface area contributed by atoms with E-state index in [0.717, 1.165) is 21.3 Å². The van der Waals surface area contributed by atoms with E-state index in [1.807, 2.05) is 38.4 Å². The molecule has 0 aliphatic carbocycles. The number of nitrogens with zero attached hydrogens (tertiary/aromatic N) is 3. The third-order valence-corrected chi connectivity index (χ3v) is 3.29. The van der Waals surface area contributed by atoms with Crippen molar-refractivity contribution < 1.29 is 5.11 Å². The first-order valence-electron chi connectivity index (χ1n) is 5.35. The van der Waals surface area contributed by atoms with E-state index < -0.39 is 6.10 Å². The third kappa shape index (κ3) is 2.92. The summed E-state index contributed by atoms with van der Waals surface area (Å²) in [5.41, 5.74) is 2.80. The Morgan fingerprint density at radius 1 is 1.47 bits per heavy atom.